The molecule has 0 aliphatic carbocycles. The van der Waals surface area contributed by atoms with Crippen molar-refractivity contribution in [1.82, 2.24) is 10.2 Å². The molecule has 0 bridgehead atoms. The molecule has 2 aromatic rings. The van der Waals surface area contributed by atoms with Crippen molar-refractivity contribution < 1.29 is 14.3 Å². The summed E-state index contributed by atoms with van der Waals surface area (Å²) < 4.78 is 6.09. The van der Waals surface area contributed by atoms with Crippen LogP contribution in [0.1, 0.15) is 55.6 Å². The topological polar surface area (TPSA) is 58.6 Å². The van der Waals surface area contributed by atoms with E-state index in [1.54, 1.807) is 13.1 Å². The number of para-hydroxylation sites is 1. The predicted molar refractivity (Wildman–Crippen MR) is 123 cm³/mol. The molecule has 0 saturated heterocycles. The number of hydrogen-bond acceptors (Lipinski definition) is 3. The summed E-state index contributed by atoms with van der Waals surface area (Å²) in [6.07, 6.45) is 5.47. The molecule has 5 nitrogen and oxygen atoms in total. The number of ether oxygens (including phenoxy) is 1. The second-order valence-electron chi connectivity index (χ2n) is 8.44. The van der Waals surface area contributed by atoms with Crippen LogP contribution in [0.25, 0.3) is 0 Å². The molecular formula is C26H32N2O3. The molecule has 0 spiro atoms. The van der Waals surface area contributed by atoms with Gasteiger partial charge >= 0.3 is 0 Å². The van der Waals surface area contributed by atoms with Gasteiger partial charge in [-0.25, -0.2) is 0 Å². The molecule has 164 valence electrons. The zero-order valence-corrected chi connectivity index (χ0v) is 18.7. The van der Waals surface area contributed by atoms with E-state index in [1.165, 1.54) is 4.90 Å². The largest absolute Gasteiger partial charge is 0.490 e. The lowest BCUT2D eigenvalue weighted by atomic mass is 9.98. The molecule has 0 fully saturated rings. The molecule has 0 saturated carbocycles. The van der Waals surface area contributed by atoms with E-state index in [0.717, 1.165) is 5.56 Å². The molecule has 1 heterocycles. The van der Waals surface area contributed by atoms with E-state index in [4.69, 9.17) is 4.74 Å². The van der Waals surface area contributed by atoms with Gasteiger partial charge in [0.25, 0.3) is 5.91 Å². The maximum absolute atomic E-state index is 13.4. The van der Waals surface area contributed by atoms with Gasteiger partial charge < -0.3 is 15.0 Å². The third-order valence-corrected chi connectivity index (χ3v) is 5.61. The quantitative estimate of drug-likeness (QED) is 0.713. The fourth-order valence-electron chi connectivity index (χ4n) is 3.99. The van der Waals surface area contributed by atoms with Crippen molar-refractivity contribution in [1.29, 1.82) is 0 Å². The monoisotopic (exact) mass is 420 g/mol. The highest BCUT2D eigenvalue weighted by Gasteiger charge is 2.33. The van der Waals surface area contributed by atoms with Crippen LogP contribution in [0.2, 0.25) is 0 Å². The van der Waals surface area contributed by atoms with Gasteiger partial charge in [0.2, 0.25) is 5.91 Å². The van der Waals surface area contributed by atoms with E-state index >= 15 is 0 Å². The molecular weight excluding hydrogens is 388 g/mol. The van der Waals surface area contributed by atoms with Crippen molar-refractivity contribution in [2.24, 2.45) is 5.92 Å². The molecule has 1 aliphatic rings. The Bertz CT molecular complexity index is 923. The molecule has 0 aromatic heterocycles. The standard InChI is InChI=1S/C26H32N2O3/c1-18(2)24-25(29)27-22(20-13-6-5-7-14-20)16-10-8-12-19(3)31-23-17-11-9-15-21(23)26(30)28(24)4/h5-11,13-15,17-19,22,24H,12,16H2,1-4H3,(H,27,29)/b10-8-/t19-,22-,24+/m1/s1. The summed E-state index contributed by atoms with van der Waals surface area (Å²) in [6.45, 7) is 5.91. The summed E-state index contributed by atoms with van der Waals surface area (Å²) in [5.74, 6) is 0.112. The molecule has 1 N–H and O–H groups in total. The zero-order valence-electron chi connectivity index (χ0n) is 18.7. The Morgan fingerprint density at radius 3 is 2.32 bits per heavy atom. The highest BCUT2D eigenvalue weighted by molar-refractivity contribution is 5.99. The van der Waals surface area contributed by atoms with E-state index in [-0.39, 0.29) is 29.9 Å². The third kappa shape index (κ3) is 5.54. The number of carbonyl (C=O) groups excluding carboxylic acids is 2. The van der Waals surface area contributed by atoms with Crippen LogP contribution in [0, 0.1) is 5.92 Å². The van der Waals surface area contributed by atoms with Crippen LogP contribution in [-0.4, -0.2) is 35.9 Å². The van der Waals surface area contributed by atoms with E-state index < -0.39 is 6.04 Å². The maximum atomic E-state index is 13.4. The van der Waals surface area contributed by atoms with Gasteiger partial charge in [0.15, 0.2) is 0 Å². The van der Waals surface area contributed by atoms with Gasteiger partial charge in [-0.15, -0.1) is 0 Å². The molecule has 31 heavy (non-hydrogen) atoms. The summed E-state index contributed by atoms with van der Waals surface area (Å²) in [4.78, 5) is 28.3. The Kier molecular flexibility index (Phi) is 7.50. The van der Waals surface area contributed by atoms with Crippen LogP contribution in [-0.2, 0) is 4.79 Å². The molecule has 0 unspecified atom stereocenters. The van der Waals surface area contributed by atoms with E-state index in [9.17, 15) is 9.59 Å². The Balaban J connectivity index is 1.99. The lowest BCUT2D eigenvalue weighted by Crippen LogP contribution is -2.51. The predicted octanol–water partition coefficient (Wildman–Crippen LogP) is 4.76. The number of fused-ring (bicyclic) bond motifs is 1. The smallest absolute Gasteiger partial charge is 0.258 e. The number of carbonyl (C=O) groups is 2. The Morgan fingerprint density at radius 1 is 0.968 bits per heavy atom. The first-order valence-corrected chi connectivity index (χ1v) is 10.9. The van der Waals surface area contributed by atoms with Gasteiger partial charge in [0.1, 0.15) is 11.8 Å². The average Bonchev–Trinajstić information content (AvgIpc) is 2.75. The van der Waals surface area contributed by atoms with Crippen LogP contribution in [0.4, 0.5) is 0 Å². The van der Waals surface area contributed by atoms with Crippen LogP contribution in [0.5, 0.6) is 5.75 Å². The lowest BCUT2D eigenvalue weighted by molar-refractivity contribution is -0.127. The van der Waals surface area contributed by atoms with Gasteiger partial charge in [-0.2, -0.15) is 0 Å². The Morgan fingerprint density at radius 2 is 1.61 bits per heavy atom. The summed E-state index contributed by atoms with van der Waals surface area (Å²) in [7, 11) is 1.69. The summed E-state index contributed by atoms with van der Waals surface area (Å²) >= 11 is 0. The van der Waals surface area contributed by atoms with Crippen molar-refractivity contribution in [2.75, 3.05) is 7.05 Å². The molecule has 2 amide bonds. The van der Waals surface area contributed by atoms with Gasteiger partial charge in [-0.1, -0.05) is 68.5 Å². The SMILES string of the molecule is CC(C)[C@H]1C(=O)N[C@@H](c2ccccc2)C/C=C\C[C@@H](C)Oc2ccccc2C(=O)N1C. The average molecular weight is 421 g/mol. The normalized spacial score (nSPS) is 24.0. The van der Waals surface area contributed by atoms with Crippen molar-refractivity contribution in [3.05, 3.63) is 77.9 Å². The Hall–Kier alpha value is -3.08. The maximum Gasteiger partial charge on any atom is 0.258 e. The molecule has 5 heteroatoms. The fraction of sp³-hybridized carbons (Fsp3) is 0.385. The summed E-state index contributed by atoms with van der Waals surface area (Å²) in [5.41, 5.74) is 1.51. The molecule has 2 aromatic carbocycles. The highest BCUT2D eigenvalue weighted by Crippen LogP contribution is 2.25. The number of rotatable bonds is 2. The first kappa shape index (κ1) is 22.6. The minimum Gasteiger partial charge on any atom is -0.490 e. The van der Waals surface area contributed by atoms with Gasteiger partial charge in [-0.3, -0.25) is 9.59 Å². The van der Waals surface area contributed by atoms with Crippen molar-refractivity contribution in [3.63, 3.8) is 0 Å². The van der Waals surface area contributed by atoms with Gasteiger partial charge in [0, 0.05) is 13.5 Å². The number of benzene rings is 2. The second-order valence-corrected chi connectivity index (χ2v) is 8.44. The third-order valence-electron chi connectivity index (χ3n) is 5.61. The van der Waals surface area contributed by atoms with Crippen LogP contribution in [0.3, 0.4) is 0 Å². The van der Waals surface area contributed by atoms with Crippen LogP contribution < -0.4 is 10.1 Å². The molecule has 3 rings (SSSR count). The zero-order chi connectivity index (χ0) is 22.4. The first-order valence-electron chi connectivity index (χ1n) is 10.9. The van der Waals surface area contributed by atoms with Crippen molar-refractivity contribution in [2.45, 2.75) is 51.8 Å². The van der Waals surface area contributed by atoms with Gasteiger partial charge in [0.05, 0.1) is 17.7 Å². The summed E-state index contributed by atoms with van der Waals surface area (Å²) in [5, 5.41) is 3.19. The first-order chi connectivity index (χ1) is 14.9. The minimum absolute atomic E-state index is 0.0548. The summed E-state index contributed by atoms with van der Waals surface area (Å²) in [6, 6.07) is 16.4. The van der Waals surface area contributed by atoms with Crippen LogP contribution >= 0.6 is 0 Å². The Labute approximate surface area is 185 Å². The van der Waals surface area contributed by atoms with E-state index in [1.807, 2.05) is 69.3 Å². The number of nitrogens with zero attached hydrogens (tertiary/aromatic N) is 1. The minimum atomic E-state index is -0.601. The molecule has 0 radical (unpaired) electrons. The fourth-order valence-corrected chi connectivity index (χ4v) is 3.99. The lowest BCUT2D eigenvalue weighted by Gasteiger charge is -2.32. The van der Waals surface area contributed by atoms with Crippen molar-refractivity contribution >= 4 is 11.8 Å². The molecule has 3 atom stereocenters. The number of likely N-dealkylation sites (N-methyl/N-ethyl adjacent to an activating group) is 1. The van der Waals surface area contributed by atoms with Crippen LogP contribution in [0.15, 0.2) is 66.7 Å². The van der Waals surface area contributed by atoms with Gasteiger partial charge in [-0.05, 0) is 37.0 Å². The van der Waals surface area contributed by atoms with E-state index in [0.29, 0.717) is 24.2 Å². The number of amides is 2. The second kappa shape index (κ2) is 10.3. The highest BCUT2D eigenvalue weighted by atomic mass is 16.5. The number of nitrogens with one attached hydrogen (secondary N) is 1. The molecule has 1 aliphatic heterocycles. The van der Waals surface area contributed by atoms with E-state index in [2.05, 4.69) is 17.5 Å². The number of hydrogen-bond donors (Lipinski definition) is 1. The van der Waals surface area contributed by atoms with Crippen molar-refractivity contribution in [3.8, 4) is 5.75 Å².